The van der Waals surface area contributed by atoms with Crippen LogP contribution in [0.1, 0.15) is 73.0 Å². The van der Waals surface area contributed by atoms with E-state index in [1.54, 1.807) is 31.0 Å². The van der Waals surface area contributed by atoms with Gasteiger partial charge in [0.05, 0.1) is 49.8 Å². The number of imidazole rings is 1. The number of hydrogen-bond donors (Lipinski definition) is 1. The molecule has 2 amide bonds. The number of likely N-dealkylation sites (tertiary alicyclic amines) is 2. The minimum Gasteiger partial charge on any atom is -0.469 e. The minimum absolute atomic E-state index is 0.0253. The van der Waals surface area contributed by atoms with Crippen LogP contribution in [0, 0.1) is 0 Å². The molecule has 8 rings (SSSR count). The molecule has 3 aliphatic heterocycles. The lowest BCUT2D eigenvalue weighted by molar-refractivity contribution is -0.145. The highest BCUT2D eigenvalue weighted by atomic mass is 16.5. The van der Waals surface area contributed by atoms with Crippen LogP contribution in [0.15, 0.2) is 109 Å². The highest BCUT2D eigenvalue weighted by Gasteiger charge is 2.37. The summed E-state index contributed by atoms with van der Waals surface area (Å²) in [5, 5.41) is 0. The number of benzene rings is 2. The Labute approximate surface area is 319 Å². The number of pyridine rings is 1. The highest BCUT2D eigenvalue weighted by molar-refractivity contribution is 6.03. The molecular formula is C43H42N8O4. The zero-order valence-electron chi connectivity index (χ0n) is 30.7. The van der Waals surface area contributed by atoms with Gasteiger partial charge < -0.3 is 19.5 Å². The van der Waals surface area contributed by atoms with Crippen LogP contribution in [-0.4, -0.2) is 84.5 Å². The molecule has 0 radical (unpaired) electrons. The van der Waals surface area contributed by atoms with Crippen LogP contribution in [0.5, 0.6) is 0 Å². The van der Waals surface area contributed by atoms with E-state index in [1.165, 1.54) is 7.11 Å². The first kappa shape index (κ1) is 35.7. The summed E-state index contributed by atoms with van der Waals surface area (Å²) in [4.78, 5) is 69.6. The number of nitrogens with one attached hydrogen (secondary N) is 1. The van der Waals surface area contributed by atoms with Crippen molar-refractivity contribution in [2.75, 3.05) is 20.2 Å². The van der Waals surface area contributed by atoms with Crippen LogP contribution in [0.25, 0.3) is 28.2 Å². The fourth-order valence-corrected chi connectivity index (χ4v) is 7.92. The van der Waals surface area contributed by atoms with Crippen LogP contribution in [0.2, 0.25) is 0 Å². The Bertz CT molecular complexity index is 2220. The number of carbonyl (C=O) groups excluding carboxylic acids is 3. The van der Waals surface area contributed by atoms with E-state index in [2.05, 4.69) is 37.1 Å². The van der Waals surface area contributed by atoms with Gasteiger partial charge in [0, 0.05) is 67.3 Å². The van der Waals surface area contributed by atoms with Crippen molar-refractivity contribution < 1.29 is 19.1 Å². The van der Waals surface area contributed by atoms with Crippen LogP contribution >= 0.6 is 0 Å². The number of nitrogens with zero attached hydrogens (tertiary/aromatic N) is 7. The second-order valence-electron chi connectivity index (χ2n) is 14.2. The maximum atomic E-state index is 13.9. The average Bonchev–Trinajstić information content (AvgIpc) is 4.08. The minimum atomic E-state index is -0.636. The van der Waals surface area contributed by atoms with Gasteiger partial charge in [-0.3, -0.25) is 24.4 Å². The second kappa shape index (κ2) is 16.0. The fraction of sp³-hybridized carbons (Fsp3) is 0.302. The summed E-state index contributed by atoms with van der Waals surface area (Å²) in [5.41, 5.74) is 7.39. The molecule has 5 aromatic rings. The van der Waals surface area contributed by atoms with Crippen molar-refractivity contribution in [1.82, 2.24) is 34.7 Å². The molecule has 1 N–H and O–H groups in total. The van der Waals surface area contributed by atoms with E-state index in [9.17, 15) is 14.4 Å². The van der Waals surface area contributed by atoms with E-state index < -0.39 is 11.9 Å². The van der Waals surface area contributed by atoms with Crippen LogP contribution in [0.4, 0.5) is 0 Å². The summed E-state index contributed by atoms with van der Waals surface area (Å²) >= 11 is 0. The van der Waals surface area contributed by atoms with E-state index in [-0.39, 0.29) is 30.3 Å². The molecule has 0 saturated carbocycles. The van der Waals surface area contributed by atoms with Gasteiger partial charge in [0.1, 0.15) is 5.82 Å². The monoisotopic (exact) mass is 734 g/mol. The molecular weight excluding hydrogens is 693 g/mol. The number of amides is 2. The number of aromatic nitrogens is 5. The van der Waals surface area contributed by atoms with Gasteiger partial charge in [0.2, 0.25) is 11.8 Å². The molecule has 55 heavy (non-hydrogen) atoms. The smallest absolute Gasteiger partial charge is 0.306 e. The molecule has 0 aliphatic carbocycles. The number of allylic oxidation sites excluding steroid dienone is 1. The Morgan fingerprint density at radius 2 is 1.56 bits per heavy atom. The van der Waals surface area contributed by atoms with Crippen molar-refractivity contribution in [3.8, 4) is 22.6 Å². The maximum Gasteiger partial charge on any atom is 0.306 e. The quantitative estimate of drug-likeness (QED) is 0.154. The lowest BCUT2D eigenvalue weighted by Gasteiger charge is -2.28. The lowest BCUT2D eigenvalue weighted by Crippen LogP contribution is -2.41. The number of esters is 1. The van der Waals surface area contributed by atoms with Gasteiger partial charge in [-0.25, -0.2) is 15.0 Å². The zero-order chi connectivity index (χ0) is 37.7. The van der Waals surface area contributed by atoms with Crippen LogP contribution in [-0.2, 0) is 25.5 Å². The summed E-state index contributed by atoms with van der Waals surface area (Å²) in [5.74, 6) is 0.238. The van der Waals surface area contributed by atoms with Gasteiger partial charge in [0.15, 0.2) is 5.82 Å². The number of hydrogen-bond acceptors (Lipinski definition) is 9. The molecule has 2 saturated heterocycles. The van der Waals surface area contributed by atoms with Gasteiger partial charge in [-0.15, -0.1) is 0 Å². The third-order valence-corrected chi connectivity index (χ3v) is 10.8. The largest absolute Gasteiger partial charge is 0.469 e. The highest BCUT2D eigenvalue weighted by Crippen LogP contribution is 2.36. The van der Waals surface area contributed by atoms with E-state index >= 15 is 0 Å². The number of aromatic amines is 1. The predicted molar refractivity (Wildman–Crippen MR) is 207 cm³/mol. The predicted octanol–water partition coefficient (Wildman–Crippen LogP) is 6.36. The normalized spacial score (nSPS) is 18.6. The molecule has 12 nitrogen and oxygen atoms in total. The molecule has 12 heteroatoms. The Morgan fingerprint density at radius 3 is 2.31 bits per heavy atom. The fourth-order valence-electron chi connectivity index (χ4n) is 7.92. The molecule has 2 aromatic carbocycles. The number of carbonyl (C=O) groups is 3. The summed E-state index contributed by atoms with van der Waals surface area (Å²) in [6.45, 7) is 1.34. The summed E-state index contributed by atoms with van der Waals surface area (Å²) in [7, 11) is 1.34. The van der Waals surface area contributed by atoms with Gasteiger partial charge in [-0.1, -0.05) is 60.7 Å². The lowest BCUT2D eigenvalue weighted by atomic mass is 9.94. The first-order chi connectivity index (χ1) is 26.9. The Kier molecular flexibility index (Phi) is 10.4. The molecule has 0 spiro atoms. The molecule has 3 aliphatic rings. The second-order valence-corrected chi connectivity index (χ2v) is 14.2. The van der Waals surface area contributed by atoms with Crippen LogP contribution < -0.4 is 0 Å². The Morgan fingerprint density at radius 1 is 0.818 bits per heavy atom. The number of ether oxygens (including phenoxy) is 1. The molecule has 2 fully saturated rings. The van der Waals surface area contributed by atoms with Crippen molar-refractivity contribution >= 4 is 29.1 Å². The van der Waals surface area contributed by atoms with E-state index in [1.807, 2.05) is 70.6 Å². The first-order valence-electron chi connectivity index (χ1n) is 18.8. The topological polar surface area (TPSA) is 147 Å². The zero-order valence-corrected chi connectivity index (χ0v) is 30.7. The standard InChI is InChI=1S/C43H42N8O4/c1-55-40(53)22-34(30-9-3-2-4-10-30)43(54)51-19-7-12-38(51)42-48-27-36(49-42)33-25-46-41(47-26-33)31-15-13-29(14-16-31)32-21-35(45-24-32)37-11-6-18-50(37)39(52)20-28-8-5-17-44-23-28/h2-5,8-10,13-17,23-27,34,37-38H,6-7,11-12,18-22H2,1H3,(H,48,49)/t34-,37+,38+/m1/s1. The number of aliphatic imine (C=N–C) groups is 1. The molecule has 278 valence electrons. The van der Waals surface area contributed by atoms with Crippen molar-refractivity contribution in [2.45, 2.75) is 62.9 Å². The van der Waals surface area contributed by atoms with E-state index in [0.29, 0.717) is 31.0 Å². The summed E-state index contributed by atoms with van der Waals surface area (Å²) < 4.78 is 4.93. The molecule has 0 bridgehead atoms. The number of methoxy groups -OCH3 is 1. The molecule has 3 atom stereocenters. The molecule has 3 aromatic heterocycles. The number of rotatable bonds is 11. The van der Waals surface area contributed by atoms with E-state index in [0.717, 1.165) is 77.0 Å². The summed E-state index contributed by atoms with van der Waals surface area (Å²) in [6.07, 6.45) is 15.2. The van der Waals surface area contributed by atoms with Crippen molar-refractivity contribution in [3.05, 3.63) is 126 Å². The SMILES string of the molecule is COC(=O)C[C@@H](C(=O)N1CCC[C@H]1c1ncc(-c2cnc(-c3ccc(C4=CN=C([C@@H]5CCCN5C(=O)Cc5cccnc5)C4)cc3)nc2)[nH]1)c1ccccc1. The third-order valence-electron chi connectivity index (χ3n) is 10.8. The van der Waals surface area contributed by atoms with Gasteiger partial charge in [0.25, 0.3) is 0 Å². The third kappa shape index (κ3) is 7.71. The van der Waals surface area contributed by atoms with Crippen molar-refractivity contribution in [3.63, 3.8) is 0 Å². The molecule has 0 unspecified atom stereocenters. The van der Waals surface area contributed by atoms with Crippen molar-refractivity contribution in [1.29, 1.82) is 0 Å². The maximum absolute atomic E-state index is 13.9. The summed E-state index contributed by atoms with van der Waals surface area (Å²) in [6, 6.07) is 21.2. The van der Waals surface area contributed by atoms with Crippen LogP contribution in [0.3, 0.4) is 0 Å². The first-order valence-corrected chi connectivity index (χ1v) is 18.8. The van der Waals surface area contributed by atoms with Crippen molar-refractivity contribution in [2.24, 2.45) is 4.99 Å². The van der Waals surface area contributed by atoms with Gasteiger partial charge in [-0.2, -0.15) is 0 Å². The van der Waals surface area contributed by atoms with Gasteiger partial charge >= 0.3 is 5.97 Å². The average molecular weight is 735 g/mol. The van der Waals surface area contributed by atoms with E-state index in [4.69, 9.17) is 9.73 Å². The Balaban J connectivity index is 0.895. The number of H-pyrrole nitrogens is 1. The Hall–Kier alpha value is -6.30. The van der Waals surface area contributed by atoms with Gasteiger partial charge in [-0.05, 0) is 54.0 Å². The molecule has 6 heterocycles.